The van der Waals surface area contributed by atoms with Crippen molar-refractivity contribution in [2.45, 2.75) is 72.5 Å². The first-order valence-corrected chi connectivity index (χ1v) is 10.9. The molecule has 0 aliphatic heterocycles. The van der Waals surface area contributed by atoms with E-state index < -0.39 is 8.32 Å². The number of rotatable bonds is 9. The number of carbonyl (C=O) groups excluding carboxylic acids is 2. The molecule has 2 atom stereocenters. The molecule has 21 heavy (non-hydrogen) atoms. The lowest BCUT2D eigenvalue weighted by Crippen LogP contribution is -2.43. The topological polar surface area (TPSA) is 43.4 Å². The van der Waals surface area contributed by atoms with E-state index in [4.69, 9.17) is 4.43 Å². The highest BCUT2D eigenvalue weighted by Crippen LogP contribution is 2.37. The predicted molar refractivity (Wildman–Crippen MR) is 90.9 cm³/mol. The minimum atomic E-state index is -1.80. The van der Waals surface area contributed by atoms with Crippen molar-refractivity contribution in [2.75, 3.05) is 6.61 Å². The van der Waals surface area contributed by atoms with Crippen LogP contribution >= 0.6 is 0 Å². The van der Waals surface area contributed by atoms with Crippen molar-refractivity contribution in [2.24, 2.45) is 17.8 Å². The van der Waals surface area contributed by atoms with Crippen molar-refractivity contribution in [1.82, 2.24) is 0 Å². The van der Waals surface area contributed by atoms with Gasteiger partial charge >= 0.3 is 0 Å². The van der Waals surface area contributed by atoms with E-state index in [1.807, 2.05) is 0 Å². The van der Waals surface area contributed by atoms with Gasteiger partial charge in [0.15, 0.2) is 8.32 Å². The van der Waals surface area contributed by atoms with Crippen LogP contribution in [-0.4, -0.2) is 27.0 Å². The Morgan fingerprint density at radius 2 is 1.76 bits per heavy atom. The van der Waals surface area contributed by atoms with E-state index in [2.05, 4.69) is 47.7 Å². The van der Waals surface area contributed by atoms with Gasteiger partial charge in [-0.15, -0.1) is 0 Å². The summed E-state index contributed by atoms with van der Waals surface area (Å²) in [5.41, 5.74) is 0. The third-order valence-corrected chi connectivity index (χ3v) is 9.35. The van der Waals surface area contributed by atoms with Crippen molar-refractivity contribution in [3.63, 3.8) is 0 Å². The van der Waals surface area contributed by atoms with Crippen molar-refractivity contribution in [3.05, 3.63) is 0 Å². The zero-order valence-corrected chi connectivity index (χ0v) is 16.2. The third-order valence-electron chi connectivity index (χ3n) is 4.85. The van der Waals surface area contributed by atoms with E-state index in [1.54, 1.807) is 6.92 Å². The summed E-state index contributed by atoms with van der Waals surface area (Å²) in [6, 6.07) is 0. The van der Waals surface area contributed by atoms with Crippen molar-refractivity contribution in [1.29, 1.82) is 0 Å². The third kappa shape index (κ3) is 6.87. The lowest BCUT2D eigenvalue weighted by molar-refractivity contribution is -0.118. The highest BCUT2D eigenvalue weighted by Gasteiger charge is 2.38. The molecule has 0 saturated carbocycles. The van der Waals surface area contributed by atoms with Gasteiger partial charge in [0.05, 0.1) is 0 Å². The highest BCUT2D eigenvalue weighted by atomic mass is 28.4. The van der Waals surface area contributed by atoms with Gasteiger partial charge in [-0.05, 0) is 43.3 Å². The summed E-state index contributed by atoms with van der Waals surface area (Å²) < 4.78 is 6.30. The number of aldehydes is 1. The number of hydrogen-bond acceptors (Lipinski definition) is 3. The Kier molecular flexibility index (Phi) is 8.04. The molecule has 0 radical (unpaired) electrons. The second-order valence-corrected chi connectivity index (χ2v) is 12.8. The Morgan fingerprint density at radius 1 is 1.24 bits per heavy atom. The minimum Gasteiger partial charge on any atom is -0.417 e. The molecule has 0 saturated heterocycles. The molecule has 0 rings (SSSR count). The second kappa shape index (κ2) is 8.23. The normalized spacial score (nSPS) is 15.9. The van der Waals surface area contributed by atoms with Crippen LogP contribution in [0.4, 0.5) is 0 Å². The molecule has 0 aliphatic carbocycles. The summed E-state index contributed by atoms with van der Waals surface area (Å²) in [5, 5.41) is 0.171. The zero-order chi connectivity index (χ0) is 16.8. The van der Waals surface area contributed by atoms with Crippen LogP contribution < -0.4 is 0 Å². The quantitative estimate of drug-likeness (QED) is 0.466. The van der Waals surface area contributed by atoms with E-state index >= 15 is 0 Å². The number of Topliss-reactive ketones (excluding diaryl/α,β-unsaturated/α-hetero) is 1. The molecule has 124 valence electrons. The number of ketones is 1. The summed E-state index contributed by atoms with van der Waals surface area (Å²) in [4.78, 5) is 22.6. The molecule has 0 amide bonds. The lowest BCUT2D eigenvalue weighted by Gasteiger charge is -2.38. The zero-order valence-electron chi connectivity index (χ0n) is 15.2. The van der Waals surface area contributed by atoms with Crippen molar-refractivity contribution < 1.29 is 14.0 Å². The fourth-order valence-corrected chi connectivity index (χ4v) is 3.13. The van der Waals surface area contributed by atoms with E-state index in [1.165, 1.54) is 0 Å². The molecule has 0 aromatic carbocycles. The summed E-state index contributed by atoms with van der Waals surface area (Å²) in [7, 11) is -1.80. The Labute approximate surface area is 132 Å². The van der Waals surface area contributed by atoms with Gasteiger partial charge in [-0.25, -0.2) is 0 Å². The van der Waals surface area contributed by atoms with Gasteiger partial charge in [0.2, 0.25) is 0 Å². The first-order valence-electron chi connectivity index (χ1n) is 8.01. The minimum absolute atomic E-state index is 0.0846. The molecule has 0 aromatic heterocycles. The number of carbonyl (C=O) groups is 2. The van der Waals surface area contributed by atoms with Crippen LogP contribution in [-0.2, 0) is 14.0 Å². The van der Waals surface area contributed by atoms with Crippen LogP contribution in [0.15, 0.2) is 0 Å². The predicted octanol–water partition coefficient (Wildman–Crippen LogP) is 4.46. The van der Waals surface area contributed by atoms with Crippen LogP contribution in [0.2, 0.25) is 18.1 Å². The summed E-state index contributed by atoms with van der Waals surface area (Å²) >= 11 is 0. The molecule has 1 unspecified atom stereocenters. The van der Waals surface area contributed by atoms with Gasteiger partial charge in [-0.1, -0.05) is 34.6 Å². The molecule has 0 N–H and O–H groups in total. The van der Waals surface area contributed by atoms with Crippen LogP contribution in [0.5, 0.6) is 0 Å². The van der Waals surface area contributed by atoms with Gasteiger partial charge in [-0.2, -0.15) is 0 Å². The molecule has 4 heteroatoms. The van der Waals surface area contributed by atoms with Gasteiger partial charge in [0, 0.05) is 18.9 Å². The van der Waals surface area contributed by atoms with Gasteiger partial charge < -0.3 is 14.0 Å². The molecule has 0 aromatic rings. The fourth-order valence-electron chi connectivity index (χ4n) is 2.08. The maximum atomic E-state index is 11.4. The first kappa shape index (κ1) is 20.5. The monoisotopic (exact) mass is 314 g/mol. The molecule has 3 nitrogen and oxygen atoms in total. The van der Waals surface area contributed by atoms with E-state index in [-0.39, 0.29) is 22.7 Å². The SMILES string of the molecule is CC(=O)CCC(C=O)[C@H](CO[Si](C)(C)C(C)(C)C)C(C)C. The van der Waals surface area contributed by atoms with Gasteiger partial charge in [-0.3, -0.25) is 0 Å². The average molecular weight is 315 g/mol. The van der Waals surface area contributed by atoms with Crippen LogP contribution in [0, 0.1) is 17.8 Å². The summed E-state index contributed by atoms with van der Waals surface area (Å²) in [6.07, 6.45) is 2.14. The van der Waals surface area contributed by atoms with E-state index in [9.17, 15) is 9.59 Å². The van der Waals surface area contributed by atoms with E-state index in [0.29, 0.717) is 25.4 Å². The molecular weight excluding hydrogens is 280 g/mol. The van der Waals surface area contributed by atoms with E-state index in [0.717, 1.165) is 6.29 Å². The lowest BCUT2D eigenvalue weighted by atomic mass is 9.82. The van der Waals surface area contributed by atoms with Crippen molar-refractivity contribution >= 4 is 20.4 Å². The highest BCUT2D eigenvalue weighted by molar-refractivity contribution is 6.74. The van der Waals surface area contributed by atoms with Crippen LogP contribution in [0.25, 0.3) is 0 Å². The van der Waals surface area contributed by atoms with Crippen LogP contribution in [0.1, 0.15) is 54.4 Å². The Bertz CT molecular complexity index is 342. The maximum absolute atomic E-state index is 11.4. The Morgan fingerprint density at radius 3 is 2.10 bits per heavy atom. The molecule has 0 fully saturated rings. The smallest absolute Gasteiger partial charge is 0.191 e. The van der Waals surface area contributed by atoms with Gasteiger partial charge in [0.25, 0.3) is 0 Å². The van der Waals surface area contributed by atoms with Crippen molar-refractivity contribution in [3.8, 4) is 0 Å². The summed E-state index contributed by atoms with van der Waals surface area (Å²) in [6.45, 7) is 17.6. The summed E-state index contributed by atoms with van der Waals surface area (Å²) in [5.74, 6) is 0.626. The van der Waals surface area contributed by atoms with Crippen LogP contribution in [0.3, 0.4) is 0 Å². The molecule has 0 bridgehead atoms. The Balaban J connectivity index is 4.82. The average Bonchev–Trinajstić information content (AvgIpc) is 2.30. The molecule has 0 spiro atoms. The van der Waals surface area contributed by atoms with Gasteiger partial charge in [0.1, 0.15) is 12.1 Å². The second-order valence-electron chi connectivity index (χ2n) is 8.02. The first-order chi connectivity index (χ1) is 9.42. The molecule has 0 heterocycles. The number of hydrogen-bond donors (Lipinski definition) is 0. The fraction of sp³-hybridized carbons (Fsp3) is 0.882. The maximum Gasteiger partial charge on any atom is 0.191 e. The molecular formula is C17H34O3Si. The molecule has 0 aliphatic rings. The largest absolute Gasteiger partial charge is 0.417 e. The standard InChI is InChI=1S/C17H34O3Si/c1-13(2)16(15(11-18)10-9-14(3)19)12-20-21(7,8)17(4,5)6/h11,13,15-16H,9-10,12H2,1-8H3/t15?,16-/m1/s1. The Hall–Kier alpha value is -0.483.